The molecule has 0 aliphatic carbocycles. The fraction of sp³-hybridized carbons (Fsp3) is 0.200. The SMILES string of the molecule is O=c1[nH]cnn2cc(C#CCCS)cc12. The molecule has 0 aliphatic rings. The van der Waals surface area contributed by atoms with Crippen molar-refractivity contribution in [1.29, 1.82) is 0 Å². The van der Waals surface area contributed by atoms with Gasteiger partial charge in [-0.15, -0.1) is 0 Å². The van der Waals surface area contributed by atoms with E-state index < -0.39 is 0 Å². The van der Waals surface area contributed by atoms with Gasteiger partial charge in [-0.2, -0.15) is 17.7 Å². The summed E-state index contributed by atoms with van der Waals surface area (Å²) in [6, 6.07) is 1.72. The van der Waals surface area contributed by atoms with Gasteiger partial charge in [0, 0.05) is 23.9 Å². The highest BCUT2D eigenvalue weighted by Crippen LogP contribution is 2.01. The minimum absolute atomic E-state index is 0.160. The molecule has 2 aromatic heterocycles. The first-order chi connectivity index (χ1) is 7.31. The second kappa shape index (κ2) is 4.24. The lowest BCUT2D eigenvalue weighted by molar-refractivity contribution is 0.888. The predicted octanol–water partition coefficient (Wildman–Crippen LogP) is 0.694. The van der Waals surface area contributed by atoms with Crippen molar-refractivity contribution < 1.29 is 0 Å². The van der Waals surface area contributed by atoms with E-state index >= 15 is 0 Å². The van der Waals surface area contributed by atoms with Crippen molar-refractivity contribution in [2.45, 2.75) is 6.42 Å². The zero-order valence-corrected chi connectivity index (χ0v) is 8.79. The Kier molecular flexibility index (Phi) is 2.79. The summed E-state index contributed by atoms with van der Waals surface area (Å²) in [6.07, 6.45) is 3.83. The average molecular weight is 219 g/mol. The monoisotopic (exact) mass is 219 g/mol. The van der Waals surface area contributed by atoms with Gasteiger partial charge < -0.3 is 4.98 Å². The second-order valence-electron chi connectivity index (χ2n) is 2.95. The van der Waals surface area contributed by atoms with E-state index in [1.807, 2.05) is 0 Å². The van der Waals surface area contributed by atoms with Crippen molar-refractivity contribution in [2.75, 3.05) is 5.75 Å². The van der Waals surface area contributed by atoms with Gasteiger partial charge in [0.05, 0.1) is 0 Å². The third-order valence-electron chi connectivity index (χ3n) is 1.88. The Morgan fingerprint density at radius 1 is 1.60 bits per heavy atom. The highest BCUT2D eigenvalue weighted by Gasteiger charge is 2.00. The van der Waals surface area contributed by atoms with E-state index in [2.05, 4.69) is 34.6 Å². The molecule has 15 heavy (non-hydrogen) atoms. The van der Waals surface area contributed by atoms with Crippen LogP contribution in [0.5, 0.6) is 0 Å². The lowest BCUT2D eigenvalue weighted by Gasteiger charge is -1.87. The number of nitrogens with zero attached hydrogens (tertiary/aromatic N) is 2. The van der Waals surface area contributed by atoms with Gasteiger partial charge in [-0.05, 0) is 6.07 Å². The van der Waals surface area contributed by atoms with E-state index in [1.165, 1.54) is 10.8 Å². The quantitative estimate of drug-likeness (QED) is 0.548. The van der Waals surface area contributed by atoms with Crippen LogP contribution in [-0.4, -0.2) is 20.4 Å². The molecule has 0 spiro atoms. The molecular formula is C10H9N3OS. The maximum absolute atomic E-state index is 11.3. The van der Waals surface area contributed by atoms with Crippen molar-refractivity contribution >= 4 is 18.1 Å². The molecule has 5 heteroatoms. The van der Waals surface area contributed by atoms with Crippen LogP contribution < -0.4 is 5.56 Å². The van der Waals surface area contributed by atoms with Gasteiger partial charge in [-0.25, -0.2) is 4.52 Å². The van der Waals surface area contributed by atoms with E-state index in [9.17, 15) is 4.79 Å². The van der Waals surface area contributed by atoms with Crippen LogP contribution in [0, 0.1) is 11.8 Å². The van der Waals surface area contributed by atoms with Crippen molar-refractivity contribution in [3.05, 3.63) is 34.5 Å². The molecule has 0 aliphatic heterocycles. The van der Waals surface area contributed by atoms with Crippen LogP contribution in [0.1, 0.15) is 12.0 Å². The molecule has 0 bridgehead atoms. The summed E-state index contributed by atoms with van der Waals surface area (Å²) in [7, 11) is 0. The standard InChI is InChI=1S/C10H9N3OS/c14-10-9-5-8(3-1-2-4-15)6-13(9)12-7-11-10/h5-7,15H,2,4H2,(H,11,12,14). The van der Waals surface area contributed by atoms with E-state index in [1.54, 1.807) is 12.3 Å². The average Bonchev–Trinajstić information content (AvgIpc) is 2.63. The molecule has 0 atom stereocenters. The Labute approximate surface area is 91.7 Å². The maximum atomic E-state index is 11.3. The van der Waals surface area contributed by atoms with Crippen LogP contribution in [0.2, 0.25) is 0 Å². The fourth-order valence-corrected chi connectivity index (χ4v) is 1.34. The largest absolute Gasteiger partial charge is 0.310 e. The molecule has 76 valence electrons. The molecule has 0 unspecified atom stereocenters. The third-order valence-corrected chi connectivity index (χ3v) is 2.10. The minimum Gasteiger partial charge on any atom is -0.310 e. The second-order valence-corrected chi connectivity index (χ2v) is 3.40. The Morgan fingerprint density at radius 2 is 2.47 bits per heavy atom. The van der Waals surface area contributed by atoms with Crippen molar-refractivity contribution in [3.8, 4) is 11.8 Å². The van der Waals surface area contributed by atoms with Gasteiger partial charge in [0.1, 0.15) is 11.8 Å². The highest BCUT2D eigenvalue weighted by atomic mass is 32.1. The maximum Gasteiger partial charge on any atom is 0.275 e. The molecule has 0 fully saturated rings. The van der Waals surface area contributed by atoms with Gasteiger partial charge in [0.25, 0.3) is 5.56 Å². The summed E-state index contributed by atoms with van der Waals surface area (Å²) in [5.74, 6) is 6.64. The van der Waals surface area contributed by atoms with E-state index in [0.717, 1.165) is 17.7 Å². The van der Waals surface area contributed by atoms with Crippen LogP contribution in [0.15, 0.2) is 23.4 Å². The fourth-order valence-electron chi connectivity index (χ4n) is 1.23. The third kappa shape index (κ3) is 2.05. The predicted molar refractivity (Wildman–Crippen MR) is 61.2 cm³/mol. The highest BCUT2D eigenvalue weighted by molar-refractivity contribution is 7.80. The van der Waals surface area contributed by atoms with Gasteiger partial charge in [0.2, 0.25) is 0 Å². The van der Waals surface area contributed by atoms with Gasteiger partial charge in [-0.3, -0.25) is 4.79 Å². The number of H-pyrrole nitrogens is 1. The summed E-state index contributed by atoms with van der Waals surface area (Å²) in [5.41, 5.74) is 1.14. The first-order valence-electron chi connectivity index (χ1n) is 4.47. The summed E-state index contributed by atoms with van der Waals surface area (Å²) in [6.45, 7) is 0. The topological polar surface area (TPSA) is 50.2 Å². The molecule has 0 saturated carbocycles. The molecule has 2 heterocycles. The molecule has 2 aromatic rings. The lowest BCUT2D eigenvalue weighted by Crippen LogP contribution is -2.09. The van der Waals surface area contributed by atoms with Crippen LogP contribution >= 0.6 is 12.6 Å². The summed E-state index contributed by atoms with van der Waals surface area (Å²) >= 11 is 4.06. The summed E-state index contributed by atoms with van der Waals surface area (Å²) in [4.78, 5) is 13.9. The first kappa shape index (κ1) is 9.87. The number of hydrogen-bond acceptors (Lipinski definition) is 3. The minimum atomic E-state index is -0.160. The van der Waals surface area contributed by atoms with Crippen molar-refractivity contribution in [1.82, 2.24) is 14.6 Å². The number of fused-ring (bicyclic) bond motifs is 1. The van der Waals surface area contributed by atoms with Crippen molar-refractivity contribution in [3.63, 3.8) is 0 Å². The van der Waals surface area contributed by atoms with E-state index in [0.29, 0.717) is 5.52 Å². The van der Waals surface area contributed by atoms with Crippen LogP contribution in [-0.2, 0) is 0 Å². The number of aromatic nitrogens is 3. The zero-order valence-electron chi connectivity index (χ0n) is 7.90. The summed E-state index contributed by atoms with van der Waals surface area (Å²) < 4.78 is 1.52. The normalized spacial score (nSPS) is 9.93. The number of hydrogen-bond donors (Lipinski definition) is 2. The zero-order chi connectivity index (χ0) is 10.7. The molecule has 0 amide bonds. The Morgan fingerprint density at radius 3 is 3.20 bits per heavy atom. The Balaban J connectivity index is 2.45. The first-order valence-corrected chi connectivity index (χ1v) is 5.10. The number of thiol groups is 1. The Hall–Kier alpha value is -1.67. The van der Waals surface area contributed by atoms with E-state index in [4.69, 9.17) is 0 Å². The molecular weight excluding hydrogens is 210 g/mol. The number of nitrogens with one attached hydrogen (secondary N) is 1. The smallest absolute Gasteiger partial charge is 0.275 e. The molecule has 0 radical (unpaired) electrons. The van der Waals surface area contributed by atoms with Crippen molar-refractivity contribution in [2.24, 2.45) is 0 Å². The molecule has 0 saturated heterocycles. The van der Waals surface area contributed by atoms with Crippen LogP contribution in [0.4, 0.5) is 0 Å². The van der Waals surface area contributed by atoms with Gasteiger partial charge >= 0.3 is 0 Å². The van der Waals surface area contributed by atoms with Gasteiger partial charge in [-0.1, -0.05) is 11.8 Å². The van der Waals surface area contributed by atoms with Crippen LogP contribution in [0.3, 0.4) is 0 Å². The molecule has 2 rings (SSSR count). The lowest BCUT2D eigenvalue weighted by atomic mass is 10.3. The number of rotatable bonds is 1. The molecule has 1 N–H and O–H groups in total. The van der Waals surface area contributed by atoms with E-state index in [-0.39, 0.29) is 5.56 Å². The molecule has 4 nitrogen and oxygen atoms in total. The molecule has 0 aromatic carbocycles. The Bertz CT molecular complexity index is 588. The summed E-state index contributed by atoms with van der Waals surface area (Å²) in [5, 5.41) is 3.97. The van der Waals surface area contributed by atoms with Crippen LogP contribution in [0.25, 0.3) is 5.52 Å². The van der Waals surface area contributed by atoms with Gasteiger partial charge in [0.15, 0.2) is 0 Å². The number of aromatic amines is 1.